The average molecular weight is 581 g/mol. The van der Waals surface area contributed by atoms with Gasteiger partial charge in [0.1, 0.15) is 17.6 Å². The van der Waals surface area contributed by atoms with Gasteiger partial charge in [0.2, 0.25) is 0 Å². The minimum atomic E-state index is 0.259. The molecule has 0 aromatic heterocycles. The van der Waals surface area contributed by atoms with Gasteiger partial charge in [0.15, 0.2) is 11.5 Å². The smallest absolute Gasteiger partial charge is 0.164 e. The molecule has 0 saturated heterocycles. The van der Waals surface area contributed by atoms with Crippen molar-refractivity contribution in [1.82, 2.24) is 0 Å². The minimum Gasteiger partial charge on any atom is -0.493 e. The summed E-state index contributed by atoms with van der Waals surface area (Å²) in [7, 11) is 1.72. The van der Waals surface area contributed by atoms with Crippen molar-refractivity contribution in [2.75, 3.05) is 20.3 Å². The van der Waals surface area contributed by atoms with Gasteiger partial charge in [-0.1, -0.05) is 37.6 Å². The first kappa shape index (κ1) is 32.2. The van der Waals surface area contributed by atoms with Crippen LogP contribution in [0.3, 0.4) is 0 Å². The second-order valence-electron chi connectivity index (χ2n) is 12.7. The van der Waals surface area contributed by atoms with Crippen molar-refractivity contribution in [1.29, 1.82) is 0 Å². The van der Waals surface area contributed by atoms with E-state index in [1.807, 2.05) is 0 Å². The highest BCUT2D eigenvalue weighted by Crippen LogP contribution is 2.50. The molecular weight excluding hydrogens is 532 g/mol. The van der Waals surface area contributed by atoms with Crippen LogP contribution in [0, 0.1) is 36.0 Å². The van der Waals surface area contributed by atoms with Crippen molar-refractivity contribution in [3.05, 3.63) is 58.2 Å². The molecule has 0 bridgehead atoms. The normalized spacial score (nSPS) is 18.4. The zero-order chi connectivity index (χ0) is 30.8. The monoisotopic (exact) mass is 580 g/mol. The Morgan fingerprint density at radius 2 is 1.56 bits per heavy atom. The first-order chi connectivity index (χ1) is 20.7. The maximum atomic E-state index is 6.59. The lowest BCUT2D eigenvalue weighted by atomic mass is 9.64. The number of benzene rings is 2. The molecule has 4 rings (SSSR count). The van der Waals surface area contributed by atoms with Crippen LogP contribution in [0.4, 0.5) is 0 Å². The van der Waals surface area contributed by atoms with E-state index in [0.717, 1.165) is 71.8 Å². The Morgan fingerprint density at radius 1 is 0.953 bits per heavy atom. The molecule has 2 aromatic rings. The van der Waals surface area contributed by atoms with E-state index >= 15 is 0 Å². The van der Waals surface area contributed by atoms with Crippen LogP contribution >= 0.6 is 0 Å². The highest BCUT2D eigenvalue weighted by molar-refractivity contribution is 5.74. The molecule has 2 aromatic carbocycles. The molecule has 43 heavy (non-hydrogen) atoms. The van der Waals surface area contributed by atoms with E-state index in [0.29, 0.717) is 32.0 Å². The van der Waals surface area contributed by atoms with Gasteiger partial charge in [-0.25, -0.2) is 0 Å². The number of hydrogen-bond donors (Lipinski definition) is 0. The van der Waals surface area contributed by atoms with E-state index < -0.39 is 0 Å². The Morgan fingerprint density at radius 3 is 2.14 bits per heavy atom. The van der Waals surface area contributed by atoms with Crippen LogP contribution in [-0.4, -0.2) is 26.4 Å². The minimum absolute atomic E-state index is 0.259. The van der Waals surface area contributed by atoms with Gasteiger partial charge < -0.3 is 18.9 Å². The quantitative estimate of drug-likeness (QED) is 0.102. The van der Waals surface area contributed by atoms with Gasteiger partial charge in [0, 0.05) is 24.3 Å². The third-order valence-electron chi connectivity index (χ3n) is 8.66. The van der Waals surface area contributed by atoms with Crippen LogP contribution in [0.1, 0.15) is 94.9 Å². The predicted octanol–water partition coefficient (Wildman–Crippen LogP) is 9.09. The number of methoxy groups -OCH3 is 1. The van der Waals surface area contributed by atoms with E-state index in [2.05, 4.69) is 82.0 Å². The van der Waals surface area contributed by atoms with Crippen LogP contribution in [0.25, 0.3) is 12.2 Å². The van der Waals surface area contributed by atoms with Gasteiger partial charge in [-0.3, -0.25) is 0 Å². The third kappa shape index (κ3) is 8.42. The summed E-state index contributed by atoms with van der Waals surface area (Å²) in [4.78, 5) is 0. The van der Waals surface area contributed by atoms with Gasteiger partial charge in [-0.2, -0.15) is 0 Å². The van der Waals surface area contributed by atoms with Gasteiger partial charge in [0.05, 0.1) is 20.3 Å². The Kier molecular flexibility index (Phi) is 11.3. The summed E-state index contributed by atoms with van der Waals surface area (Å²) in [6.45, 7) is 10.1. The fraction of sp³-hybridized carbons (Fsp3) is 0.487. The molecule has 1 heterocycles. The van der Waals surface area contributed by atoms with Gasteiger partial charge >= 0.3 is 0 Å². The molecule has 0 amide bonds. The van der Waals surface area contributed by atoms with Gasteiger partial charge in [0.25, 0.3) is 0 Å². The topological polar surface area (TPSA) is 36.9 Å². The lowest BCUT2D eigenvalue weighted by molar-refractivity contribution is -0.00708. The van der Waals surface area contributed by atoms with Crippen LogP contribution in [0.15, 0.2) is 35.9 Å². The largest absolute Gasteiger partial charge is 0.493 e. The van der Waals surface area contributed by atoms with Crippen LogP contribution < -0.4 is 18.9 Å². The van der Waals surface area contributed by atoms with Crippen molar-refractivity contribution in [3.8, 4) is 47.7 Å². The first-order valence-electron chi connectivity index (χ1n) is 15.7. The van der Waals surface area contributed by atoms with Crippen LogP contribution in [0.2, 0.25) is 0 Å². The zero-order valence-corrected chi connectivity index (χ0v) is 26.8. The molecule has 0 spiro atoms. The predicted molar refractivity (Wildman–Crippen MR) is 178 cm³/mol. The van der Waals surface area contributed by atoms with E-state index in [1.165, 1.54) is 24.0 Å². The number of unbranched alkanes of at least 4 members (excludes halogenated alkanes) is 2. The molecular formula is C39H48O4. The fourth-order valence-corrected chi connectivity index (χ4v) is 6.21. The van der Waals surface area contributed by atoms with Gasteiger partial charge in [-0.15, -0.1) is 24.7 Å². The van der Waals surface area contributed by atoms with Crippen molar-refractivity contribution in [2.24, 2.45) is 11.3 Å². The molecule has 4 nitrogen and oxygen atoms in total. The summed E-state index contributed by atoms with van der Waals surface area (Å²) in [5, 5.41) is 0. The number of rotatable bonds is 13. The number of allylic oxidation sites excluding steroid dienone is 2. The Hall–Kier alpha value is -3.76. The Balaban J connectivity index is 1.67. The lowest BCUT2D eigenvalue weighted by Crippen LogP contribution is -2.45. The maximum absolute atomic E-state index is 6.59. The molecule has 1 saturated carbocycles. The second kappa shape index (κ2) is 15.1. The van der Waals surface area contributed by atoms with E-state index in [4.69, 9.17) is 31.8 Å². The van der Waals surface area contributed by atoms with E-state index in [1.54, 1.807) is 7.11 Å². The second-order valence-corrected chi connectivity index (χ2v) is 12.7. The fourth-order valence-electron chi connectivity index (χ4n) is 6.21. The van der Waals surface area contributed by atoms with E-state index in [9.17, 15) is 0 Å². The summed E-state index contributed by atoms with van der Waals surface area (Å²) in [5.41, 5.74) is 5.85. The summed E-state index contributed by atoms with van der Waals surface area (Å²) in [6.07, 6.45) is 25.9. The van der Waals surface area contributed by atoms with Crippen molar-refractivity contribution in [3.63, 3.8) is 0 Å². The van der Waals surface area contributed by atoms with Crippen molar-refractivity contribution >= 4 is 12.2 Å². The lowest BCUT2D eigenvalue weighted by Gasteiger charge is -2.47. The molecule has 4 heteroatoms. The molecule has 2 unspecified atom stereocenters. The van der Waals surface area contributed by atoms with Crippen molar-refractivity contribution in [2.45, 2.75) is 91.6 Å². The number of terminal acetylenes is 2. The molecule has 2 aliphatic rings. The molecule has 228 valence electrons. The first-order valence-corrected chi connectivity index (χ1v) is 15.7. The average Bonchev–Trinajstić information content (AvgIpc) is 2.98. The molecule has 2 atom stereocenters. The molecule has 1 aliphatic carbocycles. The highest BCUT2D eigenvalue weighted by Gasteiger charge is 2.43. The van der Waals surface area contributed by atoms with Gasteiger partial charge in [-0.05, 0) is 105 Å². The summed E-state index contributed by atoms with van der Waals surface area (Å²) in [6, 6.07) is 8.53. The van der Waals surface area contributed by atoms with Crippen LogP contribution in [-0.2, 0) is 12.8 Å². The molecule has 1 fully saturated rings. The molecule has 1 aliphatic heterocycles. The van der Waals surface area contributed by atoms with Crippen molar-refractivity contribution < 1.29 is 18.9 Å². The SMILES string of the molecule is C#CCCCOc1cc(/C=C/c2cc3c(c(OC)c2)OC2CCCC(C)(C)C2C3)cc(OCCCC#C)c1CC=C(C)C. The summed E-state index contributed by atoms with van der Waals surface area (Å²) >= 11 is 0. The maximum Gasteiger partial charge on any atom is 0.164 e. The number of ether oxygens (including phenoxy) is 4. The highest BCUT2D eigenvalue weighted by atomic mass is 16.5. The third-order valence-corrected chi connectivity index (χ3v) is 8.66. The summed E-state index contributed by atoms with van der Waals surface area (Å²) < 4.78 is 25.0. The molecule has 0 N–H and O–H groups in total. The zero-order valence-electron chi connectivity index (χ0n) is 26.8. The summed E-state index contributed by atoms with van der Waals surface area (Å²) in [5.74, 6) is 9.26. The Labute approximate surface area is 259 Å². The number of hydrogen-bond acceptors (Lipinski definition) is 4. The van der Waals surface area contributed by atoms with Crippen LogP contribution in [0.5, 0.6) is 23.0 Å². The Bertz CT molecular complexity index is 1350. The standard InChI is InChI=1S/C39H48O4/c1-8-10-12-21-41-35-24-30(25-36(42-22-13-11-9-2)32(35)19-16-28(3)4)18-17-29-23-31-27-33-34(15-14-20-39(33,5)6)43-38(31)37(26-29)40-7/h1-2,16-18,23-26,33-34H,10-15,19-22,27H2,3-7H3/b18-17+. The van der Waals surface area contributed by atoms with E-state index in [-0.39, 0.29) is 11.5 Å². The number of fused-ring (bicyclic) bond motifs is 2. The molecule has 0 radical (unpaired) electrons.